The quantitative estimate of drug-likeness (QED) is 0.695. The fourth-order valence-corrected chi connectivity index (χ4v) is 2.29. The van der Waals surface area contributed by atoms with Crippen LogP contribution in [0.3, 0.4) is 0 Å². The minimum Gasteiger partial charge on any atom is -0.344 e. The van der Waals surface area contributed by atoms with E-state index >= 15 is 0 Å². The van der Waals surface area contributed by atoms with Gasteiger partial charge in [0.05, 0.1) is 6.04 Å². The Morgan fingerprint density at radius 3 is 2.93 bits per heavy atom. The molecular formula is C9H14N2O2S2. The highest BCUT2D eigenvalue weighted by atomic mass is 32.2. The average Bonchev–Trinajstić information content (AvgIpc) is 2.62. The normalized spacial score (nSPS) is 22.5. The van der Waals surface area contributed by atoms with Gasteiger partial charge in [-0.1, -0.05) is 30.9 Å². The van der Waals surface area contributed by atoms with Crippen molar-refractivity contribution in [2.24, 2.45) is 5.73 Å². The van der Waals surface area contributed by atoms with Gasteiger partial charge in [-0.3, -0.25) is 9.59 Å². The van der Waals surface area contributed by atoms with Crippen LogP contribution in [-0.4, -0.2) is 33.7 Å². The summed E-state index contributed by atoms with van der Waals surface area (Å²) in [6, 6.07) is -1.16. The van der Waals surface area contributed by atoms with Crippen LogP contribution in [0.25, 0.3) is 0 Å². The molecule has 1 rings (SSSR count). The summed E-state index contributed by atoms with van der Waals surface area (Å²) < 4.78 is 0. The Labute approximate surface area is 98.3 Å². The van der Waals surface area contributed by atoms with Crippen molar-refractivity contribution in [1.29, 1.82) is 0 Å². The lowest BCUT2D eigenvalue weighted by molar-refractivity contribution is -0.124. The molecule has 0 aromatic carbocycles. The second-order valence-electron chi connectivity index (χ2n) is 3.31. The highest BCUT2D eigenvalue weighted by Crippen LogP contribution is 2.19. The summed E-state index contributed by atoms with van der Waals surface area (Å²) in [4.78, 5) is 23.3. The number of carbonyl (C=O) groups is 2. The van der Waals surface area contributed by atoms with Gasteiger partial charge in [0.1, 0.15) is 6.04 Å². The highest BCUT2D eigenvalue weighted by molar-refractivity contribution is 8.14. The van der Waals surface area contributed by atoms with E-state index in [2.05, 4.69) is 5.32 Å². The zero-order valence-corrected chi connectivity index (χ0v) is 10.1. The van der Waals surface area contributed by atoms with Crippen molar-refractivity contribution in [3.8, 4) is 0 Å². The predicted octanol–water partition coefficient (Wildman–Crippen LogP) is 0.242. The first-order chi connectivity index (χ1) is 7.06. The SMILES string of the molecule is CCC(=S)C(N)C(=O)NC1CCSC1=O. The van der Waals surface area contributed by atoms with Gasteiger partial charge in [-0.15, -0.1) is 0 Å². The van der Waals surface area contributed by atoms with Crippen LogP contribution in [0, 0.1) is 0 Å². The number of thiocarbonyl (C=S) groups is 1. The van der Waals surface area contributed by atoms with Crippen LogP contribution < -0.4 is 11.1 Å². The summed E-state index contributed by atoms with van der Waals surface area (Å²) in [5, 5.41) is 2.63. The third-order valence-electron chi connectivity index (χ3n) is 2.23. The lowest BCUT2D eigenvalue weighted by Crippen LogP contribution is -2.49. The Bertz CT molecular complexity index is 294. The summed E-state index contributed by atoms with van der Waals surface area (Å²) >= 11 is 6.19. The molecule has 0 aliphatic carbocycles. The van der Waals surface area contributed by atoms with Crippen LogP contribution in [-0.2, 0) is 9.59 Å². The number of nitrogens with one attached hydrogen (secondary N) is 1. The highest BCUT2D eigenvalue weighted by Gasteiger charge is 2.29. The van der Waals surface area contributed by atoms with Crippen LogP contribution in [0.1, 0.15) is 19.8 Å². The zero-order chi connectivity index (χ0) is 11.4. The summed E-state index contributed by atoms with van der Waals surface area (Å²) in [5.74, 6) is 0.416. The van der Waals surface area contributed by atoms with Crippen LogP contribution in [0.2, 0.25) is 0 Å². The van der Waals surface area contributed by atoms with Gasteiger partial charge in [-0.05, 0) is 12.8 Å². The molecule has 0 spiro atoms. The Morgan fingerprint density at radius 2 is 2.47 bits per heavy atom. The van der Waals surface area contributed by atoms with E-state index in [1.165, 1.54) is 11.8 Å². The lowest BCUT2D eigenvalue weighted by atomic mass is 10.1. The molecule has 1 aliphatic rings. The molecule has 2 atom stereocenters. The molecule has 1 amide bonds. The summed E-state index contributed by atoms with van der Waals surface area (Å²) in [5.41, 5.74) is 5.62. The number of hydrogen-bond donors (Lipinski definition) is 2. The van der Waals surface area contributed by atoms with E-state index in [-0.39, 0.29) is 17.1 Å². The molecule has 0 aromatic rings. The molecule has 15 heavy (non-hydrogen) atoms. The molecule has 1 saturated heterocycles. The van der Waals surface area contributed by atoms with Gasteiger partial charge in [-0.25, -0.2) is 0 Å². The van der Waals surface area contributed by atoms with Gasteiger partial charge in [0.15, 0.2) is 0 Å². The monoisotopic (exact) mass is 246 g/mol. The van der Waals surface area contributed by atoms with E-state index < -0.39 is 6.04 Å². The minimum absolute atomic E-state index is 0.0120. The first-order valence-corrected chi connectivity index (χ1v) is 6.21. The van der Waals surface area contributed by atoms with Crippen LogP contribution in [0.4, 0.5) is 0 Å². The number of rotatable bonds is 4. The maximum Gasteiger partial charge on any atom is 0.242 e. The molecule has 3 N–H and O–H groups in total. The molecular weight excluding hydrogens is 232 g/mol. The first-order valence-electron chi connectivity index (χ1n) is 4.81. The van der Waals surface area contributed by atoms with Crippen molar-refractivity contribution in [1.82, 2.24) is 5.32 Å². The van der Waals surface area contributed by atoms with Crippen molar-refractivity contribution >= 4 is 39.9 Å². The molecule has 84 valence electrons. The molecule has 2 unspecified atom stereocenters. The molecule has 0 saturated carbocycles. The third kappa shape index (κ3) is 3.25. The maximum atomic E-state index is 11.6. The Hall–Kier alpha value is -0.460. The smallest absolute Gasteiger partial charge is 0.242 e. The molecule has 6 heteroatoms. The number of thioether (sulfide) groups is 1. The van der Waals surface area contributed by atoms with Gasteiger partial charge >= 0.3 is 0 Å². The van der Waals surface area contributed by atoms with Crippen molar-refractivity contribution in [2.75, 3.05) is 5.75 Å². The van der Waals surface area contributed by atoms with Gasteiger partial charge in [0, 0.05) is 10.6 Å². The van der Waals surface area contributed by atoms with E-state index in [9.17, 15) is 9.59 Å². The van der Waals surface area contributed by atoms with Crippen LogP contribution in [0.15, 0.2) is 0 Å². The second kappa shape index (κ2) is 5.58. The zero-order valence-electron chi connectivity index (χ0n) is 8.49. The van der Waals surface area contributed by atoms with Gasteiger partial charge < -0.3 is 11.1 Å². The molecule has 0 radical (unpaired) electrons. The number of carbonyl (C=O) groups excluding carboxylic acids is 2. The van der Waals surface area contributed by atoms with Gasteiger partial charge in [0.25, 0.3) is 0 Å². The molecule has 1 fully saturated rings. The average molecular weight is 246 g/mol. The van der Waals surface area contributed by atoms with Crippen molar-refractivity contribution in [2.45, 2.75) is 31.8 Å². The summed E-state index contributed by atoms with van der Waals surface area (Å²) in [6.45, 7) is 1.85. The van der Waals surface area contributed by atoms with Crippen LogP contribution >= 0.6 is 24.0 Å². The fraction of sp³-hybridized carbons (Fsp3) is 0.667. The topological polar surface area (TPSA) is 72.2 Å². The number of nitrogens with two attached hydrogens (primary N) is 1. The first kappa shape index (κ1) is 12.6. The molecule has 1 heterocycles. The standard InChI is InChI=1S/C9H14N2O2S2/c1-2-6(14)7(10)8(12)11-5-3-4-15-9(5)13/h5,7H,2-4,10H2,1H3,(H,11,12). The lowest BCUT2D eigenvalue weighted by Gasteiger charge is -2.15. The van der Waals surface area contributed by atoms with Gasteiger partial charge in [0.2, 0.25) is 11.0 Å². The van der Waals surface area contributed by atoms with Crippen molar-refractivity contribution in [3.63, 3.8) is 0 Å². The van der Waals surface area contributed by atoms with E-state index in [4.69, 9.17) is 18.0 Å². The molecule has 1 aliphatic heterocycles. The fourth-order valence-electron chi connectivity index (χ4n) is 1.25. The van der Waals surface area contributed by atoms with E-state index in [0.29, 0.717) is 17.7 Å². The maximum absolute atomic E-state index is 11.6. The molecule has 4 nitrogen and oxygen atoms in total. The van der Waals surface area contributed by atoms with E-state index in [1.54, 1.807) is 0 Å². The Kier molecular flexibility index (Phi) is 4.69. The Balaban J connectivity index is 2.48. The van der Waals surface area contributed by atoms with E-state index in [1.807, 2.05) is 6.92 Å². The van der Waals surface area contributed by atoms with Gasteiger partial charge in [-0.2, -0.15) is 0 Å². The predicted molar refractivity (Wildman–Crippen MR) is 64.9 cm³/mol. The van der Waals surface area contributed by atoms with Crippen molar-refractivity contribution < 1.29 is 9.59 Å². The number of amides is 1. The molecule has 0 aromatic heterocycles. The second-order valence-corrected chi connectivity index (χ2v) is 4.94. The van der Waals surface area contributed by atoms with E-state index in [0.717, 1.165) is 5.75 Å². The minimum atomic E-state index is -0.775. The summed E-state index contributed by atoms with van der Waals surface area (Å²) in [7, 11) is 0. The van der Waals surface area contributed by atoms with Crippen molar-refractivity contribution in [3.05, 3.63) is 0 Å². The molecule has 0 bridgehead atoms. The largest absolute Gasteiger partial charge is 0.344 e. The summed E-state index contributed by atoms with van der Waals surface area (Å²) in [6.07, 6.45) is 1.28. The van der Waals surface area contributed by atoms with Crippen LogP contribution in [0.5, 0.6) is 0 Å². The Morgan fingerprint density at radius 1 is 1.80 bits per heavy atom. The third-order valence-corrected chi connectivity index (χ3v) is 3.78. The number of hydrogen-bond acceptors (Lipinski definition) is 5.